The second-order valence-corrected chi connectivity index (χ2v) is 8.23. The van der Waals surface area contributed by atoms with Crippen LogP contribution < -0.4 is 0 Å². The van der Waals surface area contributed by atoms with Crippen molar-refractivity contribution >= 4 is 35.1 Å². The van der Waals surface area contributed by atoms with Gasteiger partial charge in [0.2, 0.25) is 11.8 Å². The number of ether oxygens (including phenoxy) is 5. The van der Waals surface area contributed by atoms with E-state index in [1.165, 1.54) is 0 Å². The maximum atomic E-state index is 12.9. The number of carbonyl (C=O) groups is 2. The fourth-order valence-corrected chi connectivity index (χ4v) is 3.72. The van der Waals surface area contributed by atoms with Gasteiger partial charge in [-0.05, 0) is 63.1 Å². The Kier molecular flexibility index (Phi) is 8.02. The van der Waals surface area contributed by atoms with Gasteiger partial charge in [-0.1, -0.05) is 24.3 Å². The molecule has 37 heavy (non-hydrogen) atoms. The van der Waals surface area contributed by atoms with Crippen molar-refractivity contribution in [3.05, 3.63) is 82.3 Å². The molecule has 9 nitrogen and oxygen atoms in total. The Morgan fingerprint density at radius 3 is 1.57 bits per heavy atom. The number of hydrogen-bond acceptors (Lipinski definition) is 9. The van der Waals surface area contributed by atoms with Crippen molar-refractivity contribution in [2.45, 2.75) is 27.7 Å². The molecule has 0 amide bonds. The van der Waals surface area contributed by atoms with Crippen LogP contribution in [-0.4, -0.2) is 50.2 Å². The molecule has 2 aromatic rings. The van der Waals surface area contributed by atoms with E-state index in [0.29, 0.717) is 11.4 Å². The Bertz CT molecular complexity index is 1240. The summed E-state index contributed by atoms with van der Waals surface area (Å²) in [5.41, 5.74) is 3.32. The number of nitrogens with zero attached hydrogens (tertiary/aromatic N) is 2. The lowest BCUT2D eigenvalue weighted by atomic mass is 10.2. The first-order valence-corrected chi connectivity index (χ1v) is 11.9. The number of aliphatic imine (C=N–C) groups is 2. The summed E-state index contributed by atoms with van der Waals surface area (Å²) in [7, 11) is 0. The smallest absolute Gasteiger partial charge is 0.347 e. The van der Waals surface area contributed by atoms with E-state index in [0.717, 1.165) is 11.1 Å². The second-order valence-electron chi connectivity index (χ2n) is 8.23. The van der Waals surface area contributed by atoms with Crippen LogP contribution in [-0.2, 0) is 33.3 Å². The Hall–Kier alpha value is -4.40. The van der Waals surface area contributed by atoms with Gasteiger partial charge in [0.15, 0.2) is 22.7 Å². The molecular formula is C28H28N2O7. The third-order valence-corrected chi connectivity index (χ3v) is 5.34. The van der Waals surface area contributed by atoms with Crippen molar-refractivity contribution < 1.29 is 33.3 Å². The highest BCUT2D eigenvalue weighted by atomic mass is 16.6. The molecule has 9 heteroatoms. The van der Waals surface area contributed by atoms with Crippen LogP contribution in [0.3, 0.4) is 0 Å². The van der Waals surface area contributed by atoms with E-state index in [4.69, 9.17) is 23.7 Å². The van der Waals surface area contributed by atoms with Crippen LogP contribution in [0, 0.1) is 13.8 Å². The summed E-state index contributed by atoms with van der Waals surface area (Å²) in [4.78, 5) is 34.7. The minimum absolute atomic E-state index is 0.0446. The number of carbonyl (C=O) groups excluding carboxylic acids is 2. The lowest BCUT2D eigenvalue weighted by molar-refractivity contribution is -0.138. The molecule has 2 aliphatic heterocycles. The summed E-state index contributed by atoms with van der Waals surface area (Å²) in [5, 5.41) is 0. The standard InChI is InChI=1S/C28H28N2O7/c1-5-33-27(31)23-21(15-35-25(23)29-19-11-7-9-17(3)13-19)37-22-16-36-26(24(22)28(32)34-6-2)30-20-12-8-10-18(4)14-20/h7-14H,5-6,15-16H2,1-4H3. The van der Waals surface area contributed by atoms with Crippen molar-refractivity contribution in [1.82, 2.24) is 0 Å². The van der Waals surface area contributed by atoms with Crippen LogP contribution in [0.25, 0.3) is 0 Å². The number of esters is 2. The molecule has 0 saturated heterocycles. The van der Waals surface area contributed by atoms with Gasteiger partial charge in [-0.15, -0.1) is 0 Å². The highest BCUT2D eigenvalue weighted by Crippen LogP contribution is 2.30. The average molecular weight is 505 g/mol. The van der Waals surface area contributed by atoms with E-state index in [1.54, 1.807) is 26.0 Å². The zero-order chi connectivity index (χ0) is 26.4. The predicted molar refractivity (Wildman–Crippen MR) is 137 cm³/mol. The monoisotopic (exact) mass is 504 g/mol. The highest BCUT2D eigenvalue weighted by Gasteiger charge is 2.37. The van der Waals surface area contributed by atoms with Crippen LogP contribution in [0.15, 0.2) is 81.2 Å². The molecule has 0 aliphatic carbocycles. The topological polar surface area (TPSA) is 105 Å². The maximum Gasteiger partial charge on any atom is 0.347 e. The van der Waals surface area contributed by atoms with E-state index < -0.39 is 11.9 Å². The molecule has 0 N–H and O–H groups in total. The summed E-state index contributed by atoms with van der Waals surface area (Å²) in [6.45, 7) is 7.43. The Morgan fingerprint density at radius 2 is 1.19 bits per heavy atom. The zero-order valence-electron chi connectivity index (χ0n) is 21.2. The summed E-state index contributed by atoms with van der Waals surface area (Å²) >= 11 is 0. The first kappa shape index (κ1) is 25.7. The number of hydrogen-bond donors (Lipinski definition) is 0. The third kappa shape index (κ3) is 6.06. The van der Waals surface area contributed by atoms with Crippen LogP contribution in [0.4, 0.5) is 11.4 Å². The molecular weight excluding hydrogens is 476 g/mol. The largest absolute Gasteiger partial charge is 0.469 e. The Labute approximate surface area is 215 Å². The number of rotatable bonds is 8. The van der Waals surface area contributed by atoms with Crippen molar-refractivity contribution in [2.75, 3.05) is 26.4 Å². The molecule has 2 aliphatic rings. The average Bonchev–Trinajstić information content (AvgIpc) is 3.43. The quantitative estimate of drug-likeness (QED) is 0.477. The maximum absolute atomic E-state index is 12.9. The second kappa shape index (κ2) is 11.6. The molecule has 0 atom stereocenters. The van der Waals surface area contributed by atoms with E-state index in [2.05, 4.69) is 9.98 Å². The fraction of sp³-hybridized carbons (Fsp3) is 0.286. The summed E-state index contributed by atoms with van der Waals surface area (Å²) in [6.07, 6.45) is 0. The fourth-order valence-electron chi connectivity index (χ4n) is 3.72. The van der Waals surface area contributed by atoms with Gasteiger partial charge < -0.3 is 23.7 Å². The van der Waals surface area contributed by atoms with Crippen LogP contribution >= 0.6 is 0 Å². The molecule has 0 aromatic heterocycles. The summed E-state index contributed by atoms with van der Waals surface area (Å²) < 4.78 is 28.0. The van der Waals surface area contributed by atoms with E-state index >= 15 is 0 Å². The minimum Gasteiger partial charge on any atom is -0.469 e. The normalized spacial score (nSPS) is 17.2. The number of aryl methyl sites for hydroxylation is 2. The van der Waals surface area contributed by atoms with Crippen molar-refractivity contribution in [3.63, 3.8) is 0 Å². The molecule has 0 spiro atoms. The summed E-state index contributed by atoms with van der Waals surface area (Å²) in [5.74, 6) is -0.835. The highest BCUT2D eigenvalue weighted by molar-refractivity contribution is 6.20. The third-order valence-electron chi connectivity index (χ3n) is 5.34. The molecule has 0 bridgehead atoms. The Balaban J connectivity index is 1.75. The molecule has 2 heterocycles. The van der Waals surface area contributed by atoms with E-state index in [-0.39, 0.29) is 60.9 Å². The molecule has 0 unspecified atom stereocenters. The van der Waals surface area contributed by atoms with Gasteiger partial charge in [0.1, 0.15) is 13.2 Å². The van der Waals surface area contributed by atoms with Crippen molar-refractivity contribution in [3.8, 4) is 0 Å². The van der Waals surface area contributed by atoms with Gasteiger partial charge in [0, 0.05) is 0 Å². The van der Waals surface area contributed by atoms with Gasteiger partial charge in [-0.3, -0.25) is 0 Å². The van der Waals surface area contributed by atoms with Crippen molar-refractivity contribution in [2.24, 2.45) is 9.98 Å². The van der Waals surface area contributed by atoms with Gasteiger partial charge in [-0.2, -0.15) is 0 Å². The molecule has 0 radical (unpaired) electrons. The lowest BCUT2D eigenvalue weighted by Crippen LogP contribution is -2.16. The van der Waals surface area contributed by atoms with Gasteiger partial charge >= 0.3 is 11.9 Å². The zero-order valence-corrected chi connectivity index (χ0v) is 21.2. The van der Waals surface area contributed by atoms with Gasteiger partial charge in [0.25, 0.3) is 0 Å². The van der Waals surface area contributed by atoms with Gasteiger partial charge in [-0.25, -0.2) is 19.6 Å². The summed E-state index contributed by atoms with van der Waals surface area (Å²) in [6, 6.07) is 14.9. The molecule has 2 aromatic carbocycles. The van der Waals surface area contributed by atoms with Crippen LogP contribution in [0.5, 0.6) is 0 Å². The van der Waals surface area contributed by atoms with Crippen LogP contribution in [0.1, 0.15) is 25.0 Å². The van der Waals surface area contributed by atoms with Crippen molar-refractivity contribution in [1.29, 1.82) is 0 Å². The van der Waals surface area contributed by atoms with E-state index in [1.807, 2.05) is 50.2 Å². The first-order chi connectivity index (χ1) is 17.9. The van der Waals surface area contributed by atoms with Crippen LogP contribution in [0.2, 0.25) is 0 Å². The van der Waals surface area contributed by atoms with Gasteiger partial charge in [0.05, 0.1) is 24.6 Å². The molecule has 0 saturated carbocycles. The molecule has 192 valence electrons. The van der Waals surface area contributed by atoms with E-state index in [9.17, 15) is 9.59 Å². The lowest BCUT2D eigenvalue weighted by Gasteiger charge is -2.09. The molecule has 0 fully saturated rings. The molecule has 4 rings (SSSR count). The predicted octanol–water partition coefficient (Wildman–Crippen LogP) is 4.78. The first-order valence-electron chi connectivity index (χ1n) is 11.9. The SMILES string of the molecule is CCOC(=O)C1=C(OC2=C(C(=O)OCC)C(=Nc3cccc(C)c3)OC2)COC1=Nc1cccc(C)c1. The Morgan fingerprint density at radius 1 is 0.757 bits per heavy atom. The number of benzene rings is 2. The minimum atomic E-state index is -0.646.